The predicted molar refractivity (Wildman–Crippen MR) is 86.7 cm³/mol. The van der Waals surface area contributed by atoms with Crippen LogP contribution in [0.15, 0.2) is 24.3 Å². The van der Waals surface area contributed by atoms with Crippen molar-refractivity contribution < 1.29 is 0 Å². The van der Waals surface area contributed by atoms with Crippen LogP contribution in [0.1, 0.15) is 51.3 Å². The van der Waals surface area contributed by atoms with Gasteiger partial charge in [-0.1, -0.05) is 45.0 Å². The lowest BCUT2D eigenvalue weighted by atomic mass is 9.89. The number of nitrogens with zero attached hydrogens (tertiary/aromatic N) is 1. The van der Waals surface area contributed by atoms with Crippen molar-refractivity contribution in [2.45, 2.75) is 52.6 Å². The average molecular weight is 274 g/mol. The van der Waals surface area contributed by atoms with E-state index in [2.05, 4.69) is 56.9 Å². The number of hydrogen-bond donors (Lipinski definition) is 1. The summed E-state index contributed by atoms with van der Waals surface area (Å²) in [7, 11) is 0. The summed E-state index contributed by atoms with van der Waals surface area (Å²) in [6.45, 7) is 11.6. The first-order chi connectivity index (χ1) is 9.51. The first kappa shape index (κ1) is 15.5. The number of benzene rings is 1. The van der Waals surface area contributed by atoms with Crippen molar-refractivity contribution in [3.05, 3.63) is 35.4 Å². The molecule has 0 bridgehead atoms. The molecular formula is C18H30N2. The van der Waals surface area contributed by atoms with Gasteiger partial charge in [-0.15, -0.1) is 0 Å². The molecule has 0 saturated carbocycles. The maximum atomic E-state index is 6.51. The topological polar surface area (TPSA) is 29.3 Å². The molecule has 20 heavy (non-hydrogen) atoms. The van der Waals surface area contributed by atoms with Crippen molar-refractivity contribution in [2.24, 2.45) is 17.6 Å². The molecule has 0 aliphatic carbocycles. The van der Waals surface area contributed by atoms with E-state index in [1.165, 1.54) is 30.6 Å². The van der Waals surface area contributed by atoms with Gasteiger partial charge in [0.25, 0.3) is 0 Å². The van der Waals surface area contributed by atoms with Crippen molar-refractivity contribution in [3.8, 4) is 0 Å². The molecule has 112 valence electrons. The van der Waals surface area contributed by atoms with Crippen molar-refractivity contribution in [1.82, 2.24) is 4.90 Å². The Labute approximate surface area is 124 Å². The van der Waals surface area contributed by atoms with Gasteiger partial charge >= 0.3 is 0 Å². The van der Waals surface area contributed by atoms with Crippen molar-refractivity contribution in [3.63, 3.8) is 0 Å². The predicted octanol–water partition coefficient (Wildman–Crippen LogP) is 3.62. The summed E-state index contributed by atoms with van der Waals surface area (Å²) in [5, 5.41) is 0. The Balaban J connectivity index is 2.04. The zero-order valence-electron chi connectivity index (χ0n) is 13.5. The van der Waals surface area contributed by atoms with Crippen LogP contribution in [0.4, 0.5) is 0 Å². The fourth-order valence-electron chi connectivity index (χ4n) is 3.52. The second-order valence-corrected chi connectivity index (χ2v) is 6.76. The molecule has 1 fully saturated rings. The minimum atomic E-state index is 0.110. The van der Waals surface area contributed by atoms with Gasteiger partial charge in [-0.2, -0.15) is 0 Å². The summed E-state index contributed by atoms with van der Waals surface area (Å²) >= 11 is 0. The average Bonchev–Trinajstić information content (AvgIpc) is 2.45. The molecule has 1 aromatic carbocycles. The maximum Gasteiger partial charge on any atom is 0.0450 e. The zero-order chi connectivity index (χ0) is 14.7. The van der Waals surface area contributed by atoms with Crippen LogP contribution in [-0.4, -0.2) is 24.0 Å². The molecular weight excluding hydrogens is 244 g/mol. The summed E-state index contributed by atoms with van der Waals surface area (Å²) in [6.07, 6.45) is 2.44. The molecule has 0 radical (unpaired) electrons. The largest absolute Gasteiger partial charge is 0.323 e. The quantitative estimate of drug-likeness (QED) is 0.908. The molecule has 0 aromatic heterocycles. The van der Waals surface area contributed by atoms with Gasteiger partial charge in [-0.25, -0.2) is 0 Å². The molecule has 0 amide bonds. The summed E-state index contributed by atoms with van der Waals surface area (Å²) < 4.78 is 0. The Morgan fingerprint density at radius 3 is 2.20 bits per heavy atom. The Morgan fingerprint density at radius 2 is 1.70 bits per heavy atom. The van der Waals surface area contributed by atoms with Crippen LogP contribution in [0.25, 0.3) is 0 Å². The van der Waals surface area contributed by atoms with Gasteiger partial charge in [0.05, 0.1) is 0 Å². The van der Waals surface area contributed by atoms with E-state index < -0.39 is 0 Å². The van der Waals surface area contributed by atoms with Crippen LogP contribution in [0.2, 0.25) is 0 Å². The van der Waals surface area contributed by atoms with Crippen LogP contribution in [0.3, 0.4) is 0 Å². The Bertz CT molecular complexity index is 402. The van der Waals surface area contributed by atoms with Crippen molar-refractivity contribution >= 4 is 0 Å². The molecule has 2 nitrogen and oxygen atoms in total. The first-order valence-corrected chi connectivity index (χ1v) is 8.09. The number of piperidine rings is 1. The number of hydrogen-bond acceptors (Lipinski definition) is 2. The van der Waals surface area contributed by atoms with E-state index in [4.69, 9.17) is 5.73 Å². The van der Waals surface area contributed by atoms with Crippen LogP contribution in [0, 0.1) is 11.8 Å². The lowest BCUT2D eigenvalue weighted by Gasteiger charge is -2.41. The van der Waals surface area contributed by atoms with E-state index in [1.54, 1.807) is 0 Å². The minimum Gasteiger partial charge on any atom is -0.323 e. The number of likely N-dealkylation sites (tertiary alicyclic amines) is 1. The third-order valence-corrected chi connectivity index (χ3v) is 4.77. The number of rotatable bonds is 4. The second-order valence-electron chi connectivity index (χ2n) is 6.76. The number of nitrogens with two attached hydrogens (primary N) is 1. The van der Waals surface area contributed by atoms with E-state index in [9.17, 15) is 0 Å². The van der Waals surface area contributed by atoms with Crippen LogP contribution in [-0.2, 0) is 6.42 Å². The summed E-state index contributed by atoms with van der Waals surface area (Å²) in [5.41, 5.74) is 9.16. The first-order valence-electron chi connectivity index (χ1n) is 8.09. The molecule has 4 unspecified atom stereocenters. The standard InChI is InChI=1S/C18H30N2/c1-5-16-6-8-17(9-7-16)18(19)15(4)20-11-13(2)10-14(3)12-20/h6-9,13-15,18H,5,10-12,19H2,1-4H3. The lowest BCUT2D eigenvalue weighted by molar-refractivity contribution is 0.0905. The third-order valence-electron chi connectivity index (χ3n) is 4.77. The minimum absolute atomic E-state index is 0.110. The Morgan fingerprint density at radius 1 is 1.15 bits per heavy atom. The summed E-state index contributed by atoms with van der Waals surface area (Å²) in [4.78, 5) is 2.58. The van der Waals surface area contributed by atoms with Crippen molar-refractivity contribution in [1.29, 1.82) is 0 Å². The second kappa shape index (κ2) is 6.73. The molecule has 4 atom stereocenters. The molecule has 1 aliphatic heterocycles. The monoisotopic (exact) mass is 274 g/mol. The smallest absolute Gasteiger partial charge is 0.0450 e. The zero-order valence-corrected chi connectivity index (χ0v) is 13.5. The van der Waals surface area contributed by atoms with Crippen molar-refractivity contribution in [2.75, 3.05) is 13.1 Å². The van der Waals surface area contributed by atoms with E-state index in [0.29, 0.717) is 6.04 Å². The molecule has 0 spiro atoms. The highest BCUT2D eigenvalue weighted by atomic mass is 15.2. The number of aryl methyl sites for hydroxylation is 1. The lowest BCUT2D eigenvalue weighted by Crippen LogP contribution is -2.48. The molecule has 2 N–H and O–H groups in total. The van der Waals surface area contributed by atoms with Gasteiger partial charge in [0.2, 0.25) is 0 Å². The Kier molecular flexibility index (Phi) is 5.22. The summed E-state index contributed by atoms with van der Waals surface area (Å²) in [5.74, 6) is 1.58. The maximum absolute atomic E-state index is 6.51. The fourth-order valence-corrected chi connectivity index (χ4v) is 3.52. The van der Waals surface area contributed by atoms with Gasteiger partial charge in [-0.3, -0.25) is 4.90 Å². The van der Waals surface area contributed by atoms with Gasteiger partial charge in [0.1, 0.15) is 0 Å². The normalized spacial score (nSPS) is 27.2. The van der Waals surface area contributed by atoms with Gasteiger partial charge in [-0.05, 0) is 42.7 Å². The van der Waals surface area contributed by atoms with E-state index >= 15 is 0 Å². The van der Waals surface area contributed by atoms with Gasteiger partial charge in [0, 0.05) is 25.2 Å². The van der Waals surface area contributed by atoms with Gasteiger partial charge in [0.15, 0.2) is 0 Å². The molecule has 1 aliphatic rings. The Hall–Kier alpha value is -0.860. The highest BCUT2D eigenvalue weighted by molar-refractivity contribution is 5.25. The van der Waals surface area contributed by atoms with E-state index in [1.807, 2.05) is 0 Å². The highest BCUT2D eigenvalue weighted by Crippen LogP contribution is 2.27. The van der Waals surface area contributed by atoms with E-state index in [0.717, 1.165) is 18.3 Å². The molecule has 1 aromatic rings. The van der Waals surface area contributed by atoms with Crippen LogP contribution >= 0.6 is 0 Å². The van der Waals surface area contributed by atoms with Crippen LogP contribution < -0.4 is 5.73 Å². The van der Waals surface area contributed by atoms with Gasteiger partial charge < -0.3 is 5.73 Å². The SMILES string of the molecule is CCc1ccc(C(N)C(C)N2CC(C)CC(C)C2)cc1. The molecule has 2 heteroatoms. The third kappa shape index (κ3) is 3.62. The molecule has 1 saturated heterocycles. The molecule has 2 rings (SSSR count). The molecule has 1 heterocycles. The van der Waals surface area contributed by atoms with Crippen LogP contribution in [0.5, 0.6) is 0 Å². The summed E-state index contributed by atoms with van der Waals surface area (Å²) in [6, 6.07) is 9.35. The van der Waals surface area contributed by atoms with E-state index in [-0.39, 0.29) is 6.04 Å². The highest BCUT2D eigenvalue weighted by Gasteiger charge is 2.28. The fraction of sp³-hybridized carbons (Fsp3) is 0.667.